The quantitative estimate of drug-likeness (QED) is 0.561. The fraction of sp³-hybridized carbons (Fsp3) is 0.235. The second kappa shape index (κ2) is 5.02. The van der Waals surface area contributed by atoms with Crippen LogP contribution in [0.2, 0.25) is 0 Å². The van der Waals surface area contributed by atoms with Crippen molar-refractivity contribution in [2.24, 2.45) is 0 Å². The molecule has 0 radical (unpaired) electrons. The molecule has 0 N–H and O–H groups in total. The van der Waals surface area contributed by atoms with Crippen LogP contribution in [-0.4, -0.2) is 21.6 Å². The minimum Gasteiger partial charge on any atom is -0.393 e. The highest BCUT2D eigenvalue weighted by Crippen LogP contribution is 2.46. The van der Waals surface area contributed by atoms with E-state index in [1.165, 1.54) is 8.96 Å². The van der Waals surface area contributed by atoms with E-state index in [4.69, 9.17) is 0 Å². The van der Waals surface area contributed by atoms with Gasteiger partial charge in [0.05, 0.1) is 5.57 Å². The fourth-order valence-corrected chi connectivity index (χ4v) is 5.50. The van der Waals surface area contributed by atoms with E-state index < -0.39 is 6.97 Å². The number of hydrogen-bond donors (Lipinski definition) is 0. The lowest BCUT2D eigenvalue weighted by Gasteiger charge is -2.33. The highest BCUT2D eigenvalue weighted by molar-refractivity contribution is 9.10. The van der Waals surface area contributed by atoms with Gasteiger partial charge < -0.3 is 17.6 Å². The average Bonchev–Trinajstić information content (AvgIpc) is 3.10. The fourth-order valence-electron chi connectivity index (χ4n) is 4.01. The van der Waals surface area contributed by atoms with Crippen molar-refractivity contribution < 1.29 is 13.1 Å². The summed E-state index contributed by atoms with van der Waals surface area (Å²) in [7, 11) is 0. The monoisotopic (exact) mass is 408 g/mol. The van der Waals surface area contributed by atoms with Gasteiger partial charge >= 0.3 is 6.97 Å². The summed E-state index contributed by atoms with van der Waals surface area (Å²) in [6.45, 7) is 3.43. The average molecular weight is 409 g/mol. The Labute approximate surface area is 152 Å². The topological polar surface area (TPSA) is 7.94 Å². The first kappa shape index (κ1) is 16.0. The lowest BCUT2D eigenvalue weighted by molar-refractivity contribution is -0.363. The minimum absolute atomic E-state index is 0.591. The molecule has 0 amide bonds. The normalized spacial score (nSPS) is 18.9. The number of thiophene rings is 1. The summed E-state index contributed by atoms with van der Waals surface area (Å²) in [5.41, 5.74) is 6.05. The molecular formula is C17H16BBrF2N2S. The summed E-state index contributed by atoms with van der Waals surface area (Å²) in [5.74, 6) is 0. The Balaban J connectivity index is 2.22. The Hall–Kier alpha value is -1.47. The van der Waals surface area contributed by atoms with Crippen molar-refractivity contribution in [2.75, 3.05) is 0 Å². The van der Waals surface area contributed by atoms with Gasteiger partial charge in [0.2, 0.25) is 0 Å². The van der Waals surface area contributed by atoms with Crippen molar-refractivity contribution in [3.05, 3.63) is 61.2 Å². The van der Waals surface area contributed by atoms with Gasteiger partial charge in [-0.05, 0) is 54.0 Å². The number of allylic oxidation sites excluding steroid dienone is 2. The van der Waals surface area contributed by atoms with Gasteiger partial charge in [0, 0.05) is 45.1 Å². The van der Waals surface area contributed by atoms with Gasteiger partial charge in [0.1, 0.15) is 5.71 Å². The number of aromatic nitrogens is 1. The largest absolute Gasteiger partial charge is 0.737 e. The van der Waals surface area contributed by atoms with Gasteiger partial charge in [-0.1, -0.05) is 0 Å². The van der Waals surface area contributed by atoms with Crippen LogP contribution in [-0.2, 0) is 0 Å². The van der Waals surface area contributed by atoms with Crippen molar-refractivity contribution in [3.8, 4) is 0 Å². The molecule has 0 unspecified atom stereocenters. The van der Waals surface area contributed by atoms with Gasteiger partial charge in [-0.15, -0.1) is 0 Å². The van der Waals surface area contributed by atoms with E-state index in [1.54, 1.807) is 25.2 Å². The molecule has 0 aliphatic carbocycles. The predicted octanol–water partition coefficient (Wildman–Crippen LogP) is 5.36. The van der Waals surface area contributed by atoms with Crippen LogP contribution in [0.5, 0.6) is 0 Å². The molecule has 0 atom stereocenters. The summed E-state index contributed by atoms with van der Waals surface area (Å²) in [5, 5.41) is 4.01. The van der Waals surface area contributed by atoms with E-state index in [0.29, 0.717) is 22.8 Å². The standard InChI is InChI=1S/C17H16BBrF2N2S/c1-9-5-11(3)22-16(9)15(13-7-24-8-14(13)19)17-10(2)6-12(4)23(17)18(22,20)21/h5-8H,1-4H3. The van der Waals surface area contributed by atoms with E-state index in [2.05, 4.69) is 15.9 Å². The maximum atomic E-state index is 15.4. The van der Waals surface area contributed by atoms with Crippen molar-refractivity contribution in [3.63, 3.8) is 0 Å². The molecule has 2 nitrogen and oxygen atoms in total. The van der Waals surface area contributed by atoms with Crippen molar-refractivity contribution in [1.29, 1.82) is 0 Å². The van der Waals surface area contributed by atoms with Gasteiger partial charge in [0.15, 0.2) is 5.70 Å². The van der Waals surface area contributed by atoms with Crippen LogP contribution in [0.1, 0.15) is 36.4 Å². The minimum atomic E-state index is -3.90. The number of nitrogens with zero attached hydrogens (tertiary/aromatic N) is 2. The molecule has 0 aromatic carbocycles. The van der Waals surface area contributed by atoms with Crippen LogP contribution in [0, 0.1) is 13.8 Å². The maximum absolute atomic E-state index is 15.4. The molecule has 2 aliphatic heterocycles. The molecule has 2 aliphatic rings. The number of halogens is 3. The van der Waals surface area contributed by atoms with Crippen molar-refractivity contribution in [2.45, 2.75) is 27.7 Å². The third-order valence-electron chi connectivity index (χ3n) is 4.82. The van der Waals surface area contributed by atoms with E-state index >= 15 is 8.63 Å². The summed E-state index contributed by atoms with van der Waals surface area (Å²) in [6.07, 6.45) is 1.85. The van der Waals surface area contributed by atoms with E-state index in [-0.39, 0.29) is 0 Å². The molecule has 2 aromatic rings. The molecule has 24 heavy (non-hydrogen) atoms. The third kappa shape index (κ3) is 1.88. The first-order valence-electron chi connectivity index (χ1n) is 7.74. The molecule has 2 aromatic heterocycles. The molecule has 0 spiro atoms. The Kier molecular flexibility index (Phi) is 3.35. The van der Waals surface area contributed by atoms with E-state index in [9.17, 15) is 0 Å². The molecule has 124 valence electrons. The zero-order valence-electron chi connectivity index (χ0n) is 13.8. The van der Waals surface area contributed by atoms with Crippen molar-refractivity contribution in [1.82, 2.24) is 4.48 Å². The highest BCUT2D eigenvalue weighted by Gasteiger charge is 2.55. The van der Waals surface area contributed by atoms with Crippen LogP contribution in [0.3, 0.4) is 0 Å². The summed E-state index contributed by atoms with van der Waals surface area (Å²) in [6, 6.07) is 1.85. The smallest absolute Gasteiger partial charge is 0.393 e. The number of hydrogen-bond acceptors (Lipinski definition) is 1. The van der Waals surface area contributed by atoms with Crippen LogP contribution >= 0.6 is 27.3 Å². The second-order valence-corrected chi connectivity index (χ2v) is 8.07. The van der Waals surface area contributed by atoms with Crippen LogP contribution in [0.25, 0.3) is 5.57 Å². The SMILES string of the molecule is CC1=CC(C)=[N+]2C1=C(c1cscc1Br)c1c(C)cc(C)n1[B-]2(F)F. The predicted molar refractivity (Wildman–Crippen MR) is 100 cm³/mol. The Bertz CT molecular complexity index is 994. The maximum Gasteiger partial charge on any atom is 0.737 e. The third-order valence-corrected chi connectivity index (χ3v) is 6.52. The van der Waals surface area contributed by atoms with Gasteiger partial charge in [-0.3, -0.25) is 0 Å². The van der Waals surface area contributed by atoms with Crippen molar-refractivity contribution >= 4 is 45.5 Å². The lowest BCUT2D eigenvalue weighted by atomic mass is 9.84. The second-order valence-electron chi connectivity index (χ2n) is 6.47. The van der Waals surface area contributed by atoms with Crippen LogP contribution in [0.15, 0.2) is 38.6 Å². The number of aryl methyl sites for hydroxylation is 2. The summed E-state index contributed by atoms with van der Waals surface area (Å²) < 4.78 is 34.2. The van der Waals surface area contributed by atoms with Gasteiger partial charge in [-0.25, -0.2) is 0 Å². The molecule has 4 heterocycles. The highest BCUT2D eigenvalue weighted by atomic mass is 79.9. The molecular weight excluding hydrogens is 393 g/mol. The zero-order valence-corrected chi connectivity index (χ0v) is 16.2. The Morgan fingerprint density at radius 3 is 2.50 bits per heavy atom. The summed E-state index contributed by atoms with van der Waals surface area (Å²) in [4.78, 5) is 0. The van der Waals surface area contributed by atoms with Crippen LogP contribution in [0.4, 0.5) is 8.63 Å². The molecule has 4 rings (SSSR count). The first-order valence-corrected chi connectivity index (χ1v) is 9.48. The molecule has 7 heteroatoms. The molecule has 0 saturated carbocycles. The summed E-state index contributed by atoms with van der Waals surface area (Å²) >= 11 is 5.15. The molecule has 0 saturated heterocycles. The van der Waals surface area contributed by atoms with E-state index in [0.717, 1.165) is 26.7 Å². The Morgan fingerprint density at radius 1 is 1.17 bits per heavy atom. The van der Waals surface area contributed by atoms with Gasteiger partial charge in [-0.2, -0.15) is 11.3 Å². The van der Waals surface area contributed by atoms with E-state index in [1.807, 2.05) is 36.7 Å². The number of fused-ring (bicyclic) bond motifs is 2. The first-order chi connectivity index (χ1) is 11.2. The molecule has 0 bridgehead atoms. The Morgan fingerprint density at radius 2 is 1.88 bits per heavy atom. The molecule has 0 fully saturated rings. The lowest BCUT2D eigenvalue weighted by Crippen LogP contribution is -2.51. The zero-order chi connectivity index (χ0) is 17.4. The van der Waals surface area contributed by atoms with Gasteiger partial charge in [0.25, 0.3) is 0 Å². The van der Waals surface area contributed by atoms with Crippen LogP contribution < -0.4 is 0 Å². The number of rotatable bonds is 1.